The molecule has 27 heavy (non-hydrogen) atoms. The first-order chi connectivity index (χ1) is 13.1. The number of aryl methyl sites for hydroxylation is 3. The molecule has 2 aromatic heterocycles. The third-order valence-electron chi connectivity index (χ3n) is 4.18. The van der Waals surface area contributed by atoms with E-state index in [9.17, 15) is 4.79 Å². The van der Waals surface area contributed by atoms with Crippen molar-refractivity contribution in [1.29, 1.82) is 0 Å². The Balaban J connectivity index is 2.06. The molecule has 0 fully saturated rings. The molecule has 0 aliphatic carbocycles. The van der Waals surface area contributed by atoms with E-state index in [2.05, 4.69) is 20.9 Å². The molecule has 0 aliphatic heterocycles. The van der Waals surface area contributed by atoms with Gasteiger partial charge in [-0.1, -0.05) is 11.3 Å². The van der Waals surface area contributed by atoms with Crippen LogP contribution < -0.4 is 9.54 Å². The summed E-state index contributed by atoms with van der Waals surface area (Å²) in [6.07, 6.45) is 2.07. The van der Waals surface area contributed by atoms with Gasteiger partial charge in [-0.3, -0.25) is 9.48 Å². The number of benzene rings is 1. The second-order valence-corrected chi connectivity index (χ2v) is 7.99. The molecule has 3 aromatic rings. The topological polar surface area (TPSA) is 61.4 Å². The zero-order valence-corrected chi connectivity index (χ0v) is 17.7. The first-order valence-corrected chi connectivity index (χ1v) is 11.2. The maximum atomic E-state index is 12.7. The van der Waals surface area contributed by atoms with Gasteiger partial charge in [0.05, 0.1) is 16.8 Å². The molecule has 0 spiro atoms. The van der Waals surface area contributed by atoms with Crippen LogP contribution in [0.4, 0.5) is 0 Å². The fourth-order valence-corrected chi connectivity index (χ4v) is 4.32. The van der Waals surface area contributed by atoms with Crippen molar-refractivity contribution in [1.82, 2.24) is 14.3 Å². The largest absolute Gasteiger partial charge is 0.494 e. The number of ether oxygens (including phenoxy) is 1. The lowest BCUT2D eigenvalue weighted by Crippen LogP contribution is -2.18. The highest BCUT2D eigenvalue weighted by Crippen LogP contribution is 2.24. The molecular formula is C19H24N4O2S2. The molecule has 2 heterocycles. The average Bonchev–Trinajstić information content (AvgIpc) is 3.19. The Morgan fingerprint density at radius 2 is 2.15 bits per heavy atom. The summed E-state index contributed by atoms with van der Waals surface area (Å²) >= 11 is 3.27. The second kappa shape index (κ2) is 8.75. The van der Waals surface area contributed by atoms with E-state index in [0.29, 0.717) is 17.1 Å². The summed E-state index contributed by atoms with van der Waals surface area (Å²) in [5, 5.41) is 4.35. The van der Waals surface area contributed by atoms with Crippen LogP contribution in [0.3, 0.4) is 0 Å². The molecule has 6 nitrogen and oxygen atoms in total. The van der Waals surface area contributed by atoms with E-state index in [4.69, 9.17) is 4.74 Å². The lowest BCUT2D eigenvalue weighted by molar-refractivity contribution is 0.0992. The normalized spacial score (nSPS) is 12.1. The van der Waals surface area contributed by atoms with Gasteiger partial charge < -0.3 is 9.30 Å². The van der Waals surface area contributed by atoms with Gasteiger partial charge in [-0.05, 0) is 51.3 Å². The Labute approximate surface area is 166 Å². The number of thiazole rings is 1. The van der Waals surface area contributed by atoms with Crippen LogP contribution in [0.25, 0.3) is 10.2 Å². The van der Waals surface area contributed by atoms with Crippen LogP contribution in [0.2, 0.25) is 0 Å². The zero-order chi connectivity index (χ0) is 19.4. The van der Waals surface area contributed by atoms with Gasteiger partial charge in [0.15, 0.2) is 10.5 Å². The summed E-state index contributed by atoms with van der Waals surface area (Å²) in [6, 6.07) is 7.81. The molecule has 3 rings (SSSR count). The number of hydrogen-bond acceptors (Lipinski definition) is 5. The van der Waals surface area contributed by atoms with Gasteiger partial charge in [-0.25, -0.2) is 0 Å². The molecule has 1 amide bonds. The van der Waals surface area contributed by atoms with Crippen LogP contribution >= 0.6 is 23.1 Å². The Bertz CT molecular complexity index is 1020. The highest BCUT2D eigenvalue weighted by Gasteiger charge is 2.13. The average molecular weight is 405 g/mol. The number of carbonyl (C=O) groups is 1. The van der Waals surface area contributed by atoms with Crippen molar-refractivity contribution in [2.24, 2.45) is 4.99 Å². The zero-order valence-electron chi connectivity index (χ0n) is 16.1. The predicted octanol–water partition coefficient (Wildman–Crippen LogP) is 3.73. The van der Waals surface area contributed by atoms with Gasteiger partial charge in [0, 0.05) is 24.5 Å². The fourth-order valence-electron chi connectivity index (χ4n) is 2.87. The van der Waals surface area contributed by atoms with Crippen LogP contribution in [0.5, 0.6) is 5.75 Å². The molecular weight excluding hydrogens is 380 g/mol. The molecule has 0 saturated carbocycles. The van der Waals surface area contributed by atoms with Crippen LogP contribution in [0, 0.1) is 6.92 Å². The minimum atomic E-state index is -0.306. The molecule has 8 heteroatoms. The molecule has 0 bridgehead atoms. The minimum absolute atomic E-state index is 0.306. The Morgan fingerprint density at radius 3 is 2.81 bits per heavy atom. The van der Waals surface area contributed by atoms with Gasteiger partial charge in [0.2, 0.25) is 0 Å². The van der Waals surface area contributed by atoms with Gasteiger partial charge in [-0.2, -0.15) is 21.9 Å². The molecule has 0 atom stereocenters. The van der Waals surface area contributed by atoms with Crippen LogP contribution in [0.1, 0.15) is 30.0 Å². The predicted molar refractivity (Wildman–Crippen MR) is 112 cm³/mol. The molecule has 0 unspecified atom stereocenters. The Kier molecular flexibility index (Phi) is 6.38. The second-order valence-electron chi connectivity index (χ2n) is 6.00. The number of hydrogen-bond donors (Lipinski definition) is 0. The number of thioether (sulfide) groups is 1. The molecule has 0 aliphatic rings. The Hall–Kier alpha value is -2.06. The summed E-state index contributed by atoms with van der Waals surface area (Å²) in [5.74, 6) is 1.47. The maximum absolute atomic E-state index is 12.7. The maximum Gasteiger partial charge on any atom is 0.300 e. The molecule has 1 aromatic carbocycles. The lowest BCUT2D eigenvalue weighted by atomic mass is 10.3. The van der Waals surface area contributed by atoms with Crippen LogP contribution in [0.15, 0.2) is 29.3 Å². The van der Waals surface area contributed by atoms with Gasteiger partial charge in [0.25, 0.3) is 5.91 Å². The quantitative estimate of drug-likeness (QED) is 0.602. The van der Waals surface area contributed by atoms with Gasteiger partial charge in [0.1, 0.15) is 5.75 Å². The van der Waals surface area contributed by atoms with E-state index in [1.807, 2.05) is 43.7 Å². The van der Waals surface area contributed by atoms with E-state index in [-0.39, 0.29) is 5.91 Å². The number of amides is 1. The number of carbonyl (C=O) groups excluding carboxylic acids is 1. The highest BCUT2D eigenvalue weighted by atomic mass is 32.2. The number of fused-ring (bicyclic) bond motifs is 1. The molecule has 0 saturated heterocycles. The Morgan fingerprint density at radius 1 is 1.33 bits per heavy atom. The van der Waals surface area contributed by atoms with E-state index in [0.717, 1.165) is 40.5 Å². The van der Waals surface area contributed by atoms with Crippen molar-refractivity contribution in [3.63, 3.8) is 0 Å². The lowest BCUT2D eigenvalue weighted by Gasteiger charge is -2.05. The summed E-state index contributed by atoms with van der Waals surface area (Å²) in [7, 11) is 0. The van der Waals surface area contributed by atoms with Crippen molar-refractivity contribution in [3.8, 4) is 5.75 Å². The van der Waals surface area contributed by atoms with Gasteiger partial charge in [-0.15, -0.1) is 0 Å². The molecule has 0 radical (unpaired) electrons. The van der Waals surface area contributed by atoms with Gasteiger partial charge >= 0.3 is 0 Å². The smallest absolute Gasteiger partial charge is 0.300 e. The SMILES string of the molecule is CCOc1ccc2c(c1)sc(=NC(=O)c1cc(C)n(CC)n1)n2CCSC. The first kappa shape index (κ1) is 19.7. The third-order valence-corrected chi connectivity index (χ3v) is 5.81. The standard InChI is InChI=1S/C19H24N4O2S2/c1-5-23-13(3)11-15(21-23)18(24)20-19-22(9-10-26-4)16-8-7-14(25-6-2)12-17(16)27-19/h7-8,11-12H,5-6,9-10H2,1-4H3. The van der Waals surface area contributed by atoms with E-state index < -0.39 is 0 Å². The summed E-state index contributed by atoms with van der Waals surface area (Å²) in [5.41, 5.74) is 2.42. The highest BCUT2D eigenvalue weighted by molar-refractivity contribution is 7.98. The first-order valence-electron chi connectivity index (χ1n) is 8.96. The number of aromatic nitrogens is 3. The monoisotopic (exact) mass is 404 g/mol. The van der Waals surface area contributed by atoms with Crippen LogP contribution in [-0.4, -0.2) is 38.9 Å². The van der Waals surface area contributed by atoms with Crippen molar-refractivity contribution in [3.05, 3.63) is 40.5 Å². The summed E-state index contributed by atoms with van der Waals surface area (Å²) in [4.78, 5) is 17.8. The summed E-state index contributed by atoms with van der Waals surface area (Å²) in [6.45, 7) is 8.07. The fraction of sp³-hybridized carbons (Fsp3) is 0.421. The number of rotatable bonds is 7. The summed E-state index contributed by atoms with van der Waals surface area (Å²) < 4.78 is 10.6. The molecule has 0 N–H and O–H groups in total. The third kappa shape index (κ3) is 4.27. The van der Waals surface area contributed by atoms with Crippen molar-refractivity contribution in [2.75, 3.05) is 18.6 Å². The number of nitrogens with zero attached hydrogens (tertiary/aromatic N) is 4. The van der Waals surface area contributed by atoms with Crippen molar-refractivity contribution in [2.45, 2.75) is 33.9 Å². The van der Waals surface area contributed by atoms with Crippen molar-refractivity contribution < 1.29 is 9.53 Å². The minimum Gasteiger partial charge on any atom is -0.494 e. The van der Waals surface area contributed by atoms with Crippen molar-refractivity contribution >= 4 is 39.2 Å². The van der Waals surface area contributed by atoms with E-state index in [1.165, 1.54) is 11.3 Å². The molecule has 144 valence electrons. The van der Waals surface area contributed by atoms with E-state index in [1.54, 1.807) is 17.8 Å². The van der Waals surface area contributed by atoms with E-state index >= 15 is 0 Å². The van der Waals surface area contributed by atoms with Crippen LogP contribution in [-0.2, 0) is 13.1 Å².